The Hall–Kier alpha value is -2.02. The summed E-state index contributed by atoms with van der Waals surface area (Å²) in [6.07, 6.45) is 0.502. The molecule has 0 atom stereocenters. The molecule has 6 nitrogen and oxygen atoms in total. The van der Waals surface area contributed by atoms with E-state index in [1.165, 1.54) is 4.90 Å². The number of likely N-dealkylation sites (tertiary alicyclic amines) is 1. The maximum absolute atomic E-state index is 13.0. The lowest BCUT2D eigenvalue weighted by molar-refractivity contribution is -0.385. The van der Waals surface area contributed by atoms with E-state index in [1.54, 1.807) is 6.92 Å². The molecule has 2 rings (SSSR count). The number of carbonyl (C=O) groups is 1. The maximum atomic E-state index is 13.0. The summed E-state index contributed by atoms with van der Waals surface area (Å²) < 4.78 is 13.0. The molecule has 1 aliphatic rings. The second kappa shape index (κ2) is 4.58. The lowest BCUT2D eigenvalue weighted by Crippen LogP contribution is -2.63. The van der Waals surface area contributed by atoms with Gasteiger partial charge in [0.15, 0.2) is 0 Å². The van der Waals surface area contributed by atoms with Crippen LogP contribution in [-0.4, -0.2) is 39.5 Å². The zero-order valence-corrected chi connectivity index (χ0v) is 10.3. The summed E-state index contributed by atoms with van der Waals surface area (Å²) in [6, 6.07) is 2.82. The standard InChI is InChI=1S/C12H13FN2O4/c1-2-12(17)6-14(7-12)11(16)9-4-3-8(13)5-10(9)15(18)19/h3-5,17H,2,6-7H2,1H3. The molecule has 0 unspecified atom stereocenters. The summed E-state index contributed by atoms with van der Waals surface area (Å²) in [5, 5.41) is 20.6. The monoisotopic (exact) mass is 268 g/mol. The summed E-state index contributed by atoms with van der Waals surface area (Å²) in [5.41, 5.74) is -1.63. The minimum absolute atomic E-state index is 0.136. The molecule has 0 spiro atoms. The highest BCUT2D eigenvalue weighted by Crippen LogP contribution is 2.28. The van der Waals surface area contributed by atoms with Gasteiger partial charge in [0, 0.05) is 0 Å². The fraction of sp³-hybridized carbons (Fsp3) is 0.417. The van der Waals surface area contributed by atoms with Gasteiger partial charge in [0.25, 0.3) is 11.6 Å². The summed E-state index contributed by atoms with van der Waals surface area (Å²) in [5.74, 6) is -1.33. The summed E-state index contributed by atoms with van der Waals surface area (Å²) in [7, 11) is 0. The van der Waals surface area contributed by atoms with E-state index in [4.69, 9.17) is 0 Å². The molecule has 1 aromatic rings. The van der Waals surface area contributed by atoms with Crippen LogP contribution in [0.5, 0.6) is 0 Å². The van der Waals surface area contributed by atoms with E-state index in [0.29, 0.717) is 6.42 Å². The van der Waals surface area contributed by atoms with Crippen molar-refractivity contribution < 1.29 is 19.2 Å². The number of nitro benzene ring substituents is 1. The minimum Gasteiger partial charge on any atom is -0.386 e. The van der Waals surface area contributed by atoms with Crippen LogP contribution in [0, 0.1) is 15.9 Å². The van der Waals surface area contributed by atoms with Crippen molar-refractivity contribution in [2.24, 2.45) is 0 Å². The van der Waals surface area contributed by atoms with Crippen molar-refractivity contribution in [3.05, 3.63) is 39.7 Å². The average Bonchev–Trinajstić information content (AvgIpc) is 2.34. The van der Waals surface area contributed by atoms with E-state index in [0.717, 1.165) is 18.2 Å². The quantitative estimate of drug-likeness (QED) is 0.662. The van der Waals surface area contributed by atoms with Crippen molar-refractivity contribution >= 4 is 11.6 Å². The summed E-state index contributed by atoms with van der Waals surface area (Å²) >= 11 is 0. The molecule has 1 fully saturated rings. The minimum atomic E-state index is -0.912. The first-order valence-corrected chi connectivity index (χ1v) is 5.82. The highest BCUT2D eigenvalue weighted by Gasteiger charge is 2.43. The molecule has 102 valence electrons. The molecule has 1 N–H and O–H groups in total. The van der Waals surface area contributed by atoms with E-state index in [1.807, 2.05) is 0 Å². The molecule has 0 aromatic heterocycles. The molecular formula is C12H13FN2O4. The Bertz CT molecular complexity index is 541. The average molecular weight is 268 g/mol. The third kappa shape index (κ3) is 2.41. The van der Waals surface area contributed by atoms with Crippen LogP contribution in [0.25, 0.3) is 0 Å². The second-order valence-electron chi connectivity index (χ2n) is 4.66. The lowest BCUT2D eigenvalue weighted by atomic mass is 9.90. The number of rotatable bonds is 3. The van der Waals surface area contributed by atoms with Gasteiger partial charge in [-0.3, -0.25) is 14.9 Å². The highest BCUT2D eigenvalue weighted by molar-refractivity contribution is 5.98. The summed E-state index contributed by atoms with van der Waals surface area (Å²) in [4.78, 5) is 23.4. The van der Waals surface area contributed by atoms with Gasteiger partial charge in [-0.2, -0.15) is 0 Å². The molecule has 0 radical (unpaired) electrons. The number of β-amino-alcohol motifs (C(OH)–C–C–N with tert-alkyl or cyclic N) is 1. The van der Waals surface area contributed by atoms with Crippen LogP contribution in [0.3, 0.4) is 0 Å². The van der Waals surface area contributed by atoms with Gasteiger partial charge in [-0.1, -0.05) is 6.92 Å². The fourth-order valence-electron chi connectivity index (χ4n) is 2.04. The van der Waals surface area contributed by atoms with Gasteiger partial charge in [-0.15, -0.1) is 0 Å². The summed E-state index contributed by atoms with van der Waals surface area (Å²) in [6.45, 7) is 2.07. The van der Waals surface area contributed by atoms with E-state index in [-0.39, 0.29) is 18.7 Å². The Labute approximate surface area is 108 Å². The van der Waals surface area contributed by atoms with Crippen LogP contribution < -0.4 is 0 Å². The van der Waals surface area contributed by atoms with Crippen molar-refractivity contribution in [3.8, 4) is 0 Å². The van der Waals surface area contributed by atoms with Gasteiger partial charge in [0.05, 0.1) is 29.7 Å². The first-order valence-electron chi connectivity index (χ1n) is 5.82. The molecule has 0 aliphatic carbocycles. The van der Waals surface area contributed by atoms with Crippen molar-refractivity contribution in [3.63, 3.8) is 0 Å². The third-order valence-electron chi connectivity index (χ3n) is 3.30. The van der Waals surface area contributed by atoms with Crippen molar-refractivity contribution in [2.45, 2.75) is 18.9 Å². The first kappa shape index (κ1) is 13.4. The van der Waals surface area contributed by atoms with Crippen LogP contribution in [0.15, 0.2) is 18.2 Å². The Morgan fingerprint density at radius 1 is 1.58 bits per heavy atom. The number of nitro groups is 1. The van der Waals surface area contributed by atoms with Crippen molar-refractivity contribution in [1.29, 1.82) is 0 Å². The predicted octanol–water partition coefficient (Wildman–Crippen LogP) is 1.33. The van der Waals surface area contributed by atoms with Crippen LogP contribution >= 0.6 is 0 Å². The van der Waals surface area contributed by atoms with E-state index in [2.05, 4.69) is 0 Å². The molecule has 19 heavy (non-hydrogen) atoms. The lowest BCUT2D eigenvalue weighted by Gasteiger charge is -2.45. The molecule has 0 bridgehead atoms. The number of hydrogen-bond acceptors (Lipinski definition) is 4. The van der Waals surface area contributed by atoms with Crippen LogP contribution in [0.2, 0.25) is 0 Å². The Morgan fingerprint density at radius 3 is 2.74 bits per heavy atom. The number of amides is 1. The molecular weight excluding hydrogens is 255 g/mol. The zero-order valence-electron chi connectivity index (χ0n) is 10.3. The van der Waals surface area contributed by atoms with Gasteiger partial charge in [0.2, 0.25) is 0 Å². The van der Waals surface area contributed by atoms with Gasteiger partial charge in [-0.25, -0.2) is 4.39 Å². The molecule has 1 saturated heterocycles. The molecule has 7 heteroatoms. The highest BCUT2D eigenvalue weighted by atomic mass is 19.1. The third-order valence-corrected chi connectivity index (χ3v) is 3.30. The first-order chi connectivity index (χ1) is 8.86. The molecule has 1 aliphatic heterocycles. The SMILES string of the molecule is CCC1(O)CN(C(=O)c2ccc(F)cc2[N+](=O)[O-])C1. The zero-order chi connectivity index (χ0) is 14.2. The largest absolute Gasteiger partial charge is 0.386 e. The Morgan fingerprint density at radius 2 is 2.21 bits per heavy atom. The van der Waals surface area contributed by atoms with E-state index < -0.39 is 27.9 Å². The molecule has 0 saturated carbocycles. The molecule has 1 aromatic carbocycles. The number of benzene rings is 1. The van der Waals surface area contributed by atoms with Crippen LogP contribution in [0.4, 0.5) is 10.1 Å². The smallest absolute Gasteiger partial charge is 0.285 e. The van der Waals surface area contributed by atoms with Gasteiger partial charge in [-0.05, 0) is 18.6 Å². The number of aliphatic hydroxyl groups is 1. The number of nitrogens with zero attached hydrogens (tertiary/aromatic N) is 2. The topological polar surface area (TPSA) is 83.7 Å². The van der Waals surface area contributed by atoms with Crippen molar-refractivity contribution in [1.82, 2.24) is 4.90 Å². The van der Waals surface area contributed by atoms with Gasteiger partial charge >= 0.3 is 0 Å². The number of carbonyl (C=O) groups excluding carboxylic acids is 1. The number of hydrogen-bond donors (Lipinski definition) is 1. The Balaban J connectivity index is 2.24. The fourth-order valence-corrected chi connectivity index (χ4v) is 2.04. The van der Waals surface area contributed by atoms with E-state index >= 15 is 0 Å². The predicted molar refractivity (Wildman–Crippen MR) is 64.2 cm³/mol. The second-order valence-corrected chi connectivity index (χ2v) is 4.66. The van der Waals surface area contributed by atoms with Gasteiger partial charge < -0.3 is 10.0 Å². The van der Waals surface area contributed by atoms with Crippen LogP contribution in [0.1, 0.15) is 23.7 Å². The molecule has 1 heterocycles. The Kier molecular flexibility index (Phi) is 3.23. The van der Waals surface area contributed by atoms with E-state index in [9.17, 15) is 24.4 Å². The number of halogens is 1. The normalized spacial score (nSPS) is 16.9. The maximum Gasteiger partial charge on any atom is 0.285 e. The van der Waals surface area contributed by atoms with Gasteiger partial charge in [0.1, 0.15) is 11.4 Å². The molecule has 1 amide bonds. The van der Waals surface area contributed by atoms with Crippen molar-refractivity contribution in [2.75, 3.05) is 13.1 Å². The van der Waals surface area contributed by atoms with Crippen LogP contribution in [-0.2, 0) is 0 Å².